The summed E-state index contributed by atoms with van der Waals surface area (Å²) >= 11 is 8.49. The summed E-state index contributed by atoms with van der Waals surface area (Å²) in [6.45, 7) is 0. The molecular weight excluding hydrogens is 206 g/mol. The molecule has 0 unspecified atom stereocenters. The molecule has 0 aliphatic heterocycles. The number of benzene rings is 1. The van der Waals surface area contributed by atoms with E-state index < -0.39 is 0 Å². The fraction of sp³-hybridized carbons (Fsp3) is 0. The van der Waals surface area contributed by atoms with Crippen LogP contribution in [0.25, 0.3) is 11.0 Å². The van der Waals surface area contributed by atoms with Crippen LogP contribution in [0.4, 0.5) is 0 Å². The maximum absolute atomic E-state index is 5.01. The van der Waals surface area contributed by atoms with Crippen LogP contribution in [0.5, 0.6) is 0 Å². The first-order valence-electron chi connectivity index (χ1n) is 3.49. The summed E-state index contributed by atoms with van der Waals surface area (Å²) in [5.74, 6) is 0. The van der Waals surface area contributed by atoms with Crippen molar-refractivity contribution in [3.8, 4) is 0 Å². The van der Waals surface area contributed by atoms with Crippen LogP contribution in [0.3, 0.4) is 0 Å². The minimum Gasteiger partial charge on any atom is -0.337 e. The zero-order chi connectivity index (χ0) is 9.26. The molecule has 1 aromatic heterocycles. The number of thiocarbonyl (C=S) groups is 1. The molecule has 0 saturated carbocycles. The highest BCUT2D eigenvalue weighted by Gasteiger charge is 2.03. The number of aromatic nitrogens is 3. The molecule has 0 saturated heterocycles. The lowest BCUT2D eigenvalue weighted by atomic mass is 10.3. The Hall–Kier alpha value is -1.14. The van der Waals surface area contributed by atoms with Crippen LogP contribution in [-0.2, 0) is 0 Å². The van der Waals surface area contributed by atoms with Crippen molar-refractivity contribution in [1.29, 1.82) is 0 Å². The number of thiol groups is 1. The topological polar surface area (TPSA) is 39.9 Å². The van der Waals surface area contributed by atoms with Crippen molar-refractivity contribution in [3.63, 3.8) is 0 Å². The summed E-state index contributed by atoms with van der Waals surface area (Å²) in [5.41, 5.74) is 1.52. The highest BCUT2D eigenvalue weighted by molar-refractivity contribution is 8.10. The van der Waals surface area contributed by atoms with Gasteiger partial charge in [0.05, 0.1) is 0 Å². The van der Waals surface area contributed by atoms with E-state index in [2.05, 4.69) is 35.2 Å². The third-order valence-electron chi connectivity index (χ3n) is 1.49. The molecule has 13 heavy (non-hydrogen) atoms. The Balaban J connectivity index is 2.51. The van der Waals surface area contributed by atoms with Crippen molar-refractivity contribution < 1.29 is 4.84 Å². The highest BCUT2D eigenvalue weighted by atomic mass is 32.1. The average Bonchev–Trinajstić information content (AvgIpc) is 2.48. The first-order chi connectivity index (χ1) is 6.27. The lowest BCUT2D eigenvalue weighted by Gasteiger charge is -1.99. The van der Waals surface area contributed by atoms with E-state index >= 15 is 0 Å². The van der Waals surface area contributed by atoms with Crippen LogP contribution in [-0.4, -0.2) is 19.5 Å². The summed E-state index contributed by atoms with van der Waals surface area (Å²) in [4.78, 5) is 6.25. The third kappa shape index (κ3) is 1.63. The van der Waals surface area contributed by atoms with Crippen LogP contribution in [0, 0.1) is 0 Å². The minimum absolute atomic E-state index is 0.107. The Kier molecular flexibility index (Phi) is 2.15. The van der Waals surface area contributed by atoms with Crippen LogP contribution in [0.1, 0.15) is 0 Å². The number of fused-ring (bicyclic) bond motifs is 1. The summed E-state index contributed by atoms with van der Waals surface area (Å²) in [5, 5.41) is 7.61. The van der Waals surface area contributed by atoms with Gasteiger partial charge in [0, 0.05) is 0 Å². The average molecular weight is 211 g/mol. The van der Waals surface area contributed by atoms with E-state index in [9.17, 15) is 0 Å². The molecule has 0 amide bonds. The molecule has 0 fully saturated rings. The lowest BCUT2D eigenvalue weighted by molar-refractivity contribution is 0.239. The maximum atomic E-state index is 5.01. The van der Waals surface area contributed by atoms with Gasteiger partial charge in [-0.3, -0.25) is 0 Å². The van der Waals surface area contributed by atoms with Crippen molar-refractivity contribution in [3.05, 3.63) is 24.3 Å². The fourth-order valence-corrected chi connectivity index (χ4v) is 1.14. The molecular formula is C7H5N3OS2. The third-order valence-corrected chi connectivity index (χ3v) is 1.64. The molecule has 4 nitrogen and oxygen atoms in total. The maximum Gasteiger partial charge on any atom is 0.252 e. The zero-order valence-electron chi connectivity index (χ0n) is 6.41. The molecule has 0 atom stereocenters. The lowest BCUT2D eigenvalue weighted by Crippen LogP contribution is -2.14. The van der Waals surface area contributed by atoms with E-state index in [1.165, 1.54) is 4.85 Å². The predicted molar refractivity (Wildman–Crippen MR) is 55.7 cm³/mol. The Morgan fingerprint density at radius 1 is 1.46 bits per heavy atom. The summed E-state index contributed by atoms with van der Waals surface area (Å²) in [6, 6.07) is 7.42. The van der Waals surface area contributed by atoms with Gasteiger partial charge in [-0.2, -0.15) is 0 Å². The molecule has 0 bridgehead atoms. The monoisotopic (exact) mass is 211 g/mol. The van der Waals surface area contributed by atoms with Crippen molar-refractivity contribution in [2.75, 3.05) is 0 Å². The summed E-state index contributed by atoms with van der Waals surface area (Å²) in [6.07, 6.45) is 0. The van der Waals surface area contributed by atoms with Crippen LogP contribution < -0.4 is 4.84 Å². The normalized spacial score (nSPS) is 10.2. The fourth-order valence-electron chi connectivity index (χ4n) is 0.989. The molecule has 0 radical (unpaired) electrons. The van der Waals surface area contributed by atoms with Gasteiger partial charge >= 0.3 is 0 Å². The molecule has 1 aromatic carbocycles. The summed E-state index contributed by atoms with van der Waals surface area (Å²) in [7, 11) is 0. The molecule has 2 rings (SSSR count). The van der Waals surface area contributed by atoms with Gasteiger partial charge in [-0.15, -0.1) is 5.10 Å². The second kappa shape index (κ2) is 3.31. The van der Waals surface area contributed by atoms with Gasteiger partial charge in [0.25, 0.3) is 4.38 Å². The zero-order valence-corrected chi connectivity index (χ0v) is 8.13. The van der Waals surface area contributed by atoms with Crippen molar-refractivity contribution in [2.45, 2.75) is 0 Å². The standard InChI is InChI=1S/C7H5N3OS2/c12-7(13)11-10-6-4-2-1-3-5(6)8-9-10/h1-4H,(H,12,13). The van der Waals surface area contributed by atoms with Crippen LogP contribution >= 0.6 is 24.8 Å². The highest BCUT2D eigenvalue weighted by Crippen LogP contribution is 2.08. The molecule has 2 aromatic rings. The molecule has 6 heteroatoms. The quantitative estimate of drug-likeness (QED) is 0.566. The van der Waals surface area contributed by atoms with Crippen molar-refractivity contribution in [2.24, 2.45) is 0 Å². The minimum atomic E-state index is 0.107. The second-order valence-corrected chi connectivity index (χ2v) is 3.39. The first-order valence-corrected chi connectivity index (χ1v) is 4.34. The van der Waals surface area contributed by atoms with E-state index in [1.54, 1.807) is 0 Å². The smallest absolute Gasteiger partial charge is 0.252 e. The largest absolute Gasteiger partial charge is 0.337 e. The molecule has 0 N–H and O–H groups in total. The molecule has 66 valence electrons. The van der Waals surface area contributed by atoms with Gasteiger partial charge in [-0.1, -0.05) is 29.6 Å². The Morgan fingerprint density at radius 2 is 2.23 bits per heavy atom. The number of para-hydroxylation sites is 1. The SMILES string of the molecule is S=C(S)On1nnc2ccccc21. The Labute approximate surface area is 84.9 Å². The number of hydrogen-bond acceptors (Lipinski definition) is 4. The number of rotatable bonds is 1. The first kappa shape index (κ1) is 8.46. The van der Waals surface area contributed by atoms with Gasteiger partial charge in [0.1, 0.15) is 11.0 Å². The molecule has 1 heterocycles. The second-order valence-electron chi connectivity index (χ2n) is 2.31. The van der Waals surface area contributed by atoms with Gasteiger partial charge in [-0.25, -0.2) is 0 Å². The van der Waals surface area contributed by atoms with E-state index in [4.69, 9.17) is 4.84 Å². The predicted octanol–water partition coefficient (Wildman–Crippen LogP) is 1.07. The van der Waals surface area contributed by atoms with E-state index in [1.807, 2.05) is 24.3 Å². The Morgan fingerprint density at radius 3 is 3.00 bits per heavy atom. The molecule has 0 aliphatic carbocycles. The molecule has 0 aliphatic rings. The summed E-state index contributed by atoms with van der Waals surface area (Å²) < 4.78 is 0.107. The van der Waals surface area contributed by atoms with Crippen molar-refractivity contribution >= 4 is 40.3 Å². The number of nitrogens with zero attached hydrogens (tertiary/aromatic N) is 3. The van der Waals surface area contributed by atoms with Crippen molar-refractivity contribution in [1.82, 2.24) is 15.2 Å². The van der Waals surface area contributed by atoms with E-state index in [0.717, 1.165) is 11.0 Å². The van der Waals surface area contributed by atoms with Crippen LogP contribution in [0.2, 0.25) is 0 Å². The Bertz CT molecular complexity index is 454. The molecule has 0 spiro atoms. The number of hydrogen-bond donors (Lipinski definition) is 1. The van der Waals surface area contributed by atoms with E-state index in [-0.39, 0.29) is 4.38 Å². The van der Waals surface area contributed by atoms with Gasteiger partial charge < -0.3 is 4.84 Å². The van der Waals surface area contributed by atoms with E-state index in [0.29, 0.717) is 0 Å². The van der Waals surface area contributed by atoms with Gasteiger partial charge in [-0.05, 0) is 29.6 Å². The van der Waals surface area contributed by atoms with Gasteiger partial charge in [0.2, 0.25) is 0 Å². The van der Waals surface area contributed by atoms with Crippen LogP contribution in [0.15, 0.2) is 24.3 Å². The van der Waals surface area contributed by atoms with Gasteiger partial charge in [0.15, 0.2) is 0 Å².